The summed E-state index contributed by atoms with van der Waals surface area (Å²) in [6.07, 6.45) is 9.16. The molecule has 1 amide bonds. The highest BCUT2D eigenvalue weighted by atomic mass is 32.2. The largest absolute Gasteiger partial charge is 0.352 e. The number of imidazole rings is 1. The van der Waals surface area contributed by atoms with Crippen LogP contribution in [-0.4, -0.2) is 26.8 Å². The van der Waals surface area contributed by atoms with E-state index in [-0.39, 0.29) is 11.2 Å². The number of benzene rings is 1. The molecule has 3 rings (SSSR count). The normalized spacial score (nSPS) is 17.0. The first kappa shape index (κ1) is 18.1. The Morgan fingerprint density at radius 3 is 2.56 bits per heavy atom. The summed E-state index contributed by atoms with van der Waals surface area (Å²) in [6.45, 7) is 1.97. The molecule has 1 aromatic heterocycles. The second-order valence-electron chi connectivity index (χ2n) is 6.81. The van der Waals surface area contributed by atoms with Crippen LogP contribution in [0, 0.1) is 0 Å². The molecule has 134 valence electrons. The molecule has 25 heavy (non-hydrogen) atoms. The second-order valence-corrected chi connectivity index (χ2v) is 8.12. The lowest BCUT2D eigenvalue weighted by Gasteiger charge is -2.19. The van der Waals surface area contributed by atoms with Crippen LogP contribution in [0.4, 0.5) is 0 Å². The zero-order chi connectivity index (χ0) is 17.6. The Morgan fingerprint density at radius 1 is 1.20 bits per heavy atom. The van der Waals surface area contributed by atoms with E-state index in [1.165, 1.54) is 37.4 Å². The van der Waals surface area contributed by atoms with Crippen molar-refractivity contribution in [3.8, 4) is 11.3 Å². The molecular formula is C20H27N3OS. The minimum absolute atomic E-state index is 0.126. The molecule has 1 aliphatic carbocycles. The predicted octanol–water partition coefficient (Wildman–Crippen LogP) is 4.41. The summed E-state index contributed by atoms with van der Waals surface area (Å²) >= 11 is 1.53. The minimum atomic E-state index is -0.145. The zero-order valence-electron chi connectivity index (χ0n) is 15.1. The lowest BCUT2D eigenvalue weighted by atomic mass is 10.1. The maximum atomic E-state index is 12.5. The van der Waals surface area contributed by atoms with Crippen LogP contribution in [-0.2, 0) is 11.8 Å². The summed E-state index contributed by atoms with van der Waals surface area (Å²) in [5.41, 5.74) is 2.21. The number of carbonyl (C=O) groups is 1. The van der Waals surface area contributed by atoms with Gasteiger partial charge >= 0.3 is 0 Å². The molecule has 1 unspecified atom stereocenters. The van der Waals surface area contributed by atoms with Gasteiger partial charge in [-0.05, 0) is 25.3 Å². The summed E-state index contributed by atoms with van der Waals surface area (Å²) in [5.74, 6) is 0.126. The molecule has 1 heterocycles. The number of rotatable bonds is 5. The van der Waals surface area contributed by atoms with Crippen LogP contribution in [0.1, 0.15) is 45.4 Å². The maximum Gasteiger partial charge on any atom is 0.233 e. The Hall–Kier alpha value is -1.75. The van der Waals surface area contributed by atoms with Gasteiger partial charge < -0.3 is 9.88 Å². The number of carbonyl (C=O) groups excluding carboxylic acids is 1. The summed E-state index contributed by atoms with van der Waals surface area (Å²) in [4.78, 5) is 17.1. The van der Waals surface area contributed by atoms with Crippen LogP contribution in [0.25, 0.3) is 11.3 Å². The molecule has 0 radical (unpaired) electrons. The molecule has 1 saturated carbocycles. The van der Waals surface area contributed by atoms with Crippen LogP contribution in [0.5, 0.6) is 0 Å². The van der Waals surface area contributed by atoms with Crippen LogP contribution in [0.2, 0.25) is 0 Å². The highest BCUT2D eigenvalue weighted by Crippen LogP contribution is 2.27. The summed E-state index contributed by atoms with van der Waals surface area (Å²) in [7, 11) is 2.01. The highest BCUT2D eigenvalue weighted by molar-refractivity contribution is 8.00. The lowest BCUT2D eigenvalue weighted by molar-refractivity contribution is -0.121. The minimum Gasteiger partial charge on any atom is -0.352 e. The number of aromatic nitrogens is 2. The Morgan fingerprint density at radius 2 is 1.88 bits per heavy atom. The van der Waals surface area contributed by atoms with Crippen molar-refractivity contribution < 1.29 is 4.79 Å². The van der Waals surface area contributed by atoms with E-state index < -0.39 is 0 Å². The molecule has 2 aromatic rings. The van der Waals surface area contributed by atoms with Crippen LogP contribution in [0.3, 0.4) is 0 Å². The SMILES string of the molecule is CC(Sc1ncc(-c2ccccc2)n1C)C(=O)NC1CCCCCC1. The number of hydrogen-bond donors (Lipinski definition) is 1. The van der Waals surface area contributed by atoms with Crippen molar-refractivity contribution in [2.24, 2.45) is 7.05 Å². The van der Waals surface area contributed by atoms with Crippen molar-refractivity contribution >= 4 is 17.7 Å². The molecule has 4 nitrogen and oxygen atoms in total. The molecule has 1 N–H and O–H groups in total. The molecule has 1 fully saturated rings. The first-order valence-corrected chi connectivity index (χ1v) is 10.1. The Labute approximate surface area is 154 Å². The van der Waals surface area contributed by atoms with Gasteiger partial charge in [-0.3, -0.25) is 4.79 Å². The fourth-order valence-corrected chi connectivity index (χ4v) is 4.19. The average Bonchev–Trinajstić information content (AvgIpc) is 2.83. The summed E-state index contributed by atoms with van der Waals surface area (Å²) in [5, 5.41) is 3.97. The molecule has 1 aliphatic rings. The fourth-order valence-electron chi connectivity index (χ4n) is 3.33. The van der Waals surface area contributed by atoms with Crippen molar-refractivity contribution in [1.29, 1.82) is 0 Å². The third kappa shape index (κ3) is 4.66. The van der Waals surface area contributed by atoms with Gasteiger partial charge in [0.15, 0.2) is 5.16 Å². The Bertz CT molecular complexity index is 690. The van der Waals surface area contributed by atoms with E-state index in [1.54, 1.807) is 0 Å². The van der Waals surface area contributed by atoms with Gasteiger partial charge in [0.05, 0.1) is 17.1 Å². The van der Waals surface area contributed by atoms with Crippen molar-refractivity contribution in [3.05, 3.63) is 36.5 Å². The smallest absolute Gasteiger partial charge is 0.233 e. The van der Waals surface area contributed by atoms with E-state index in [2.05, 4.69) is 27.0 Å². The van der Waals surface area contributed by atoms with Crippen molar-refractivity contribution in [2.75, 3.05) is 0 Å². The quantitative estimate of drug-likeness (QED) is 0.637. The van der Waals surface area contributed by atoms with Crippen molar-refractivity contribution in [2.45, 2.75) is 61.9 Å². The standard InChI is InChI=1S/C20H27N3OS/c1-15(19(24)22-17-12-8-3-4-9-13-17)25-20-21-14-18(23(20)2)16-10-6-5-7-11-16/h5-7,10-11,14-15,17H,3-4,8-9,12-13H2,1-2H3,(H,22,24). The van der Waals surface area contributed by atoms with Gasteiger partial charge in [-0.2, -0.15) is 0 Å². The molecule has 5 heteroatoms. The molecular weight excluding hydrogens is 330 g/mol. The van der Waals surface area contributed by atoms with Gasteiger partial charge in [0.2, 0.25) is 5.91 Å². The maximum absolute atomic E-state index is 12.5. The Balaban J connectivity index is 1.62. The van der Waals surface area contributed by atoms with Gasteiger partial charge in [0, 0.05) is 13.1 Å². The molecule has 0 spiro atoms. The number of nitrogens with one attached hydrogen (secondary N) is 1. The topological polar surface area (TPSA) is 46.9 Å². The monoisotopic (exact) mass is 357 g/mol. The van der Waals surface area contributed by atoms with E-state index in [1.807, 2.05) is 38.4 Å². The summed E-state index contributed by atoms with van der Waals surface area (Å²) < 4.78 is 2.06. The number of hydrogen-bond acceptors (Lipinski definition) is 3. The molecule has 0 saturated heterocycles. The van der Waals surface area contributed by atoms with E-state index in [4.69, 9.17) is 0 Å². The second kappa shape index (κ2) is 8.56. The summed E-state index contributed by atoms with van der Waals surface area (Å²) in [6, 6.07) is 10.6. The molecule has 0 bridgehead atoms. The molecule has 0 aliphatic heterocycles. The van der Waals surface area contributed by atoms with E-state index in [9.17, 15) is 4.79 Å². The fraction of sp³-hybridized carbons (Fsp3) is 0.500. The van der Waals surface area contributed by atoms with Crippen LogP contribution >= 0.6 is 11.8 Å². The average molecular weight is 358 g/mol. The van der Waals surface area contributed by atoms with Crippen molar-refractivity contribution in [3.63, 3.8) is 0 Å². The van der Waals surface area contributed by atoms with Gasteiger partial charge in [-0.25, -0.2) is 4.98 Å². The number of amides is 1. The molecule has 1 aromatic carbocycles. The van der Waals surface area contributed by atoms with Gasteiger partial charge in [0.1, 0.15) is 0 Å². The zero-order valence-corrected chi connectivity index (χ0v) is 15.9. The molecule has 1 atom stereocenters. The van der Waals surface area contributed by atoms with E-state index in [0.29, 0.717) is 6.04 Å². The highest BCUT2D eigenvalue weighted by Gasteiger charge is 2.21. The van der Waals surface area contributed by atoms with Crippen LogP contribution in [0.15, 0.2) is 41.7 Å². The van der Waals surface area contributed by atoms with E-state index >= 15 is 0 Å². The Kier molecular flexibility index (Phi) is 6.19. The number of nitrogens with zero attached hydrogens (tertiary/aromatic N) is 2. The van der Waals surface area contributed by atoms with Gasteiger partial charge in [0.25, 0.3) is 0 Å². The van der Waals surface area contributed by atoms with Gasteiger partial charge in [-0.15, -0.1) is 0 Å². The van der Waals surface area contributed by atoms with Crippen LogP contribution < -0.4 is 5.32 Å². The van der Waals surface area contributed by atoms with Gasteiger partial charge in [-0.1, -0.05) is 67.8 Å². The predicted molar refractivity (Wildman–Crippen MR) is 104 cm³/mol. The van der Waals surface area contributed by atoms with Crippen molar-refractivity contribution in [1.82, 2.24) is 14.9 Å². The first-order chi connectivity index (χ1) is 12.1. The number of thioether (sulfide) groups is 1. The van der Waals surface area contributed by atoms with E-state index in [0.717, 1.165) is 29.3 Å². The third-order valence-electron chi connectivity index (χ3n) is 4.87. The third-order valence-corrected chi connectivity index (χ3v) is 6.03. The lowest BCUT2D eigenvalue weighted by Crippen LogP contribution is -2.39. The first-order valence-electron chi connectivity index (χ1n) is 9.19.